The van der Waals surface area contributed by atoms with E-state index in [2.05, 4.69) is 9.97 Å². The second-order valence-electron chi connectivity index (χ2n) is 6.26. The minimum atomic E-state index is -0.290. The van der Waals surface area contributed by atoms with Gasteiger partial charge in [-0.05, 0) is 43.7 Å². The Kier molecular flexibility index (Phi) is 5.96. The number of carbonyl (C=O) groups is 2. The van der Waals surface area contributed by atoms with Gasteiger partial charge < -0.3 is 9.64 Å². The van der Waals surface area contributed by atoms with Crippen molar-refractivity contribution >= 4 is 33.9 Å². The topological polar surface area (TPSA) is 72.4 Å². The van der Waals surface area contributed by atoms with Gasteiger partial charge >= 0.3 is 5.97 Å². The maximum absolute atomic E-state index is 12.9. The fraction of sp³-hybridized carbons (Fsp3) is 0.333. The van der Waals surface area contributed by atoms with Crippen molar-refractivity contribution in [2.75, 3.05) is 19.7 Å². The summed E-state index contributed by atoms with van der Waals surface area (Å²) in [5, 5.41) is 0. The molecule has 0 aliphatic carbocycles. The van der Waals surface area contributed by atoms with E-state index in [1.54, 1.807) is 24.0 Å². The normalized spacial score (nSPS) is 10.9. The molecule has 0 aliphatic heterocycles. The molecule has 0 spiro atoms. The van der Waals surface area contributed by atoms with E-state index in [1.165, 1.54) is 0 Å². The largest absolute Gasteiger partial charge is 0.466 e. The van der Waals surface area contributed by atoms with Crippen LogP contribution in [-0.2, 0) is 9.53 Å². The number of ether oxygens (including phenoxy) is 1. The van der Waals surface area contributed by atoms with Crippen LogP contribution in [0, 0.1) is 0 Å². The Hall–Kier alpha value is -3.02. The Morgan fingerprint density at radius 2 is 1.59 bits per heavy atom. The minimum absolute atomic E-state index is 0.113. The third kappa shape index (κ3) is 4.39. The predicted molar refractivity (Wildman–Crippen MR) is 104 cm³/mol. The average molecular weight is 365 g/mol. The fourth-order valence-electron chi connectivity index (χ4n) is 2.98. The summed E-state index contributed by atoms with van der Waals surface area (Å²) in [7, 11) is 0. The highest BCUT2D eigenvalue weighted by molar-refractivity contribution is 5.98. The molecule has 140 valence electrons. The number of carbonyl (C=O) groups excluding carboxylic acids is 2. The molecule has 0 saturated heterocycles. The summed E-state index contributed by atoms with van der Waals surface area (Å²) >= 11 is 0. The van der Waals surface area contributed by atoms with Crippen molar-refractivity contribution in [2.45, 2.75) is 26.7 Å². The summed E-state index contributed by atoms with van der Waals surface area (Å²) in [5.41, 5.74) is 3.60. The van der Waals surface area contributed by atoms with E-state index in [4.69, 9.17) is 4.74 Å². The van der Waals surface area contributed by atoms with E-state index in [0.717, 1.165) is 23.0 Å². The van der Waals surface area contributed by atoms with Gasteiger partial charge in [0.25, 0.3) is 5.91 Å². The number of fused-ring (bicyclic) bond motifs is 2. The maximum Gasteiger partial charge on any atom is 0.307 e. The van der Waals surface area contributed by atoms with Crippen LogP contribution in [0.15, 0.2) is 42.5 Å². The molecule has 1 amide bonds. The molecule has 0 fully saturated rings. The number of benzene rings is 2. The lowest BCUT2D eigenvalue weighted by Gasteiger charge is -2.22. The first-order chi connectivity index (χ1) is 13.1. The van der Waals surface area contributed by atoms with E-state index in [-0.39, 0.29) is 18.3 Å². The summed E-state index contributed by atoms with van der Waals surface area (Å²) in [5.74, 6) is -0.403. The van der Waals surface area contributed by atoms with Crippen molar-refractivity contribution in [3.05, 3.63) is 48.0 Å². The lowest BCUT2D eigenvalue weighted by molar-refractivity contribution is -0.143. The molecule has 0 aliphatic rings. The number of esters is 1. The van der Waals surface area contributed by atoms with Crippen LogP contribution in [0.1, 0.15) is 37.0 Å². The summed E-state index contributed by atoms with van der Waals surface area (Å²) in [6.07, 6.45) is 1.00. The molecule has 3 aromatic rings. The average Bonchev–Trinajstić information content (AvgIpc) is 2.68. The smallest absolute Gasteiger partial charge is 0.307 e. The molecule has 0 N–H and O–H groups in total. The van der Waals surface area contributed by atoms with Crippen LogP contribution in [0.25, 0.3) is 22.1 Å². The molecule has 2 aromatic carbocycles. The Balaban J connectivity index is 1.85. The zero-order chi connectivity index (χ0) is 19.2. The van der Waals surface area contributed by atoms with Crippen LogP contribution >= 0.6 is 0 Å². The fourth-order valence-corrected chi connectivity index (χ4v) is 2.98. The molecular weight excluding hydrogens is 342 g/mol. The lowest BCUT2D eigenvalue weighted by atomic mass is 10.1. The second-order valence-corrected chi connectivity index (χ2v) is 6.26. The predicted octanol–water partition coefficient (Wildman–Crippen LogP) is 3.59. The number of rotatable bonds is 7. The Bertz CT molecular complexity index is 971. The number of hydrogen-bond acceptors (Lipinski definition) is 5. The monoisotopic (exact) mass is 365 g/mol. The van der Waals surface area contributed by atoms with Gasteiger partial charge in [0, 0.05) is 18.7 Å². The van der Waals surface area contributed by atoms with E-state index >= 15 is 0 Å². The van der Waals surface area contributed by atoms with Crippen molar-refractivity contribution in [1.82, 2.24) is 14.9 Å². The summed E-state index contributed by atoms with van der Waals surface area (Å²) in [4.78, 5) is 35.5. The molecule has 1 aromatic heterocycles. The Labute approximate surface area is 158 Å². The molecule has 3 rings (SSSR count). The minimum Gasteiger partial charge on any atom is -0.466 e. The van der Waals surface area contributed by atoms with Crippen molar-refractivity contribution < 1.29 is 14.3 Å². The van der Waals surface area contributed by atoms with Gasteiger partial charge in [0.05, 0.1) is 35.1 Å². The molecule has 27 heavy (non-hydrogen) atoms. The first kappa shape index (κ1) is 18.8. The van der Waals surface area contributed by atoms with Crippen LogP contribution in [0.3, 0.4) is 0 Å². The Morgan fingerprint density at radius 1 is 0.926 bits per heavy atom. The highest BCUT2D eigenvalue weighted by atomic mass is 16.5. The molecule has 0 radical (unpaired) electrons. The van der Waals surface area contributed by atoms with Gasteiger partial charge in [-0.1, -0.05) is 19.1 Å². The van der Waals surface area contributed by atoms with E-state index in [0.29, 0.717) is 30.8 Å². The molecule has 0 unspecified atom stereocenters. The molecule has 0 bridgehead atoms. The van der Waals surface area contributed by atoms with Crippen LogP contribution in [0.4, 0.5) is 0 Å². The SMILES string of the molecule is CCCN(CCC(=O)OCC)C(=O)c1ccc2nc3ccccc3nc2c1. The van der Waals surface area contributed by atoms with Gasteiger partial charge in [0.2, 0.25) is 0 Å². The summed E-state index contributed by atoms with van der Waals surface area (Å²) in [6, 6.07) is 13.0. The number of nitrogens with zero attached hydrogens (tertiary/aromatic N) is 3. The third-order valence-electron chi connectivity index (χ3n) is 4.26. The van der Waals surface area contributed by atoms with Crippen molar-refractivity contribution in [2.24, 2.45) is 0 Å². The molecule has 0 saturated carbocycles. The summed E-state index contributed by atoms with van der Waals surface area (Å²) in [6.45, 7) is 5.04. The molecule has 1 heterocycles. The zero-order valence-electron chi connectivity index (χ0n) is 15.6. The van der Waals surface area contributed by atoms with E-state index in [1.807, 2.05) is 37.3 Å². The molecule has 6 heteroatoms. The molecule has 6 nitrogen and oxygen atoms in total. The quantitative estimate of drug-likeness (QED) is 0.473. The van der Waals surface area contributed by atoms with Crippen LogP contribution in [0.2, 0.25) is 0 Å². The van der Waals surface area contributed by atoms with Gasteiger partial charge in [-0.2, -0.15) is 0 Å². The number of para-hydroxylation sites is 2. The number of hydrogen-bond donors (Lipinski definition) is 0. The summed E-state index contributed by atoms with van der Waals surface area (Å²) < 4.78 is 4.96. The van der Waals surface area contributed by atoms with Gasteiger partial charge in [-0.25, -0.2) is 9.97 Å². The second kappa shape index (κ2) is 8.58. The van der Waals surface area contributed by atoms with Gasteiger partial charge in [-0.3, -0.25) is 9.59 Å². The maximum atomic E-state index is 12.9. The van der Waals surface area contributed by atoms with Crippen molar-refractivity contribution in [1.29, 1.82) is 0 Å². The van der Waals surface area contributed by atoms with Crippen LogP contribution in [-0.4, -0.2) is 46.4 Å². The Morgan fingerprint density at radius 3 is 2.26 bits per heavy atom. The number of aromatic nitrogens is 2. The van der Waals surface area contributed by atoms with Gasteiger partial charge in [0.1, 0.15) is 0 Å². The zero-order valence-corrected chi connectivity index (χ0v) is 15.6. The van der Waals surface area contributed by atoms with Crippen LogP contribution in [0.5, 0.6) is 0 Å². The van der Waals surface area contributed by atoms with Gasteiger partial charge in [-0.15, -0.1) is 0 Å². The number of amides is 1. The molecular formula is C21H23N3O3. The highest BCUT2D eigenvalue weighted by Gasteiger charge is 2.17. The lowest BCUT2D eigenvalue weighted by Crippen LogP contribution is -2.34. The standard InChI is InChI=1S/C21H23N3O3/c1-3-12-24(13-11-20(25)27-4-2)21(26)15-9-10-18-19(14-15)23-17-8-6-5-7-16(17)22-18/h5-10,14H,3-4,11-13H2,1-2H3. The van der Waals surface area contributed by atoms with E-state index < -0.39 is 0 Å². The third-order valence-corrected chi connectivity index (χ3v) is 4.26. The van der Waals surface area contributed by atoms with Crippen LogP contribution < -0.4 is 0 Å². The first-order valence-corrected chi connectivity index (χ1v) is 9.23. The van der Waals surface area contributed by atoms with Crippen molar-refractivity contribution in [3.63, 3.8) is 0 Å². The van der Waals surface area contributed by atoms with Crippen molar-refractivity contribution in [3.8, 4) is 0 Å². The first-order valence-electron chi connectivity index (χ1n) is 9.23. The highest BCUT2D eigenvalue weighted by Crippen LogP contribution is 2.18. The van der Waals surface area contributed by atoms with E-state index in [9.17, 15) is 9.59 Å². The molecule has 0 atom stereocenters. The van der Waals surface area contributed by atoms with Gasteiger partial charge in [0.15, 0.2) is 0 Å².